The van der Waals surface area contributed by atoms with Crippen molar-refractivity contribution in [1.29, 1.82) is 0 Å². The minimum absolute atomic E-state index is 0.0574. The van der Waals surface area contributed by atoms with Crippen LogP contribution in [0.2, 0.25) is 5.02 Å². The van der Waals surface area contributed by atoms with Gasteiger partial charge in [-0.15, -0.1) is 0 Å². The van der Waals surface area contributed by atoms with Gasteiger partial charge in [-0.3, -0.25) is 0 Å². The molecule has 0 saturated heterocycles. The van der Waals surface area contributed by atoms with Crippen molar-refractivity contribution in [3.8, 4) is 0 Å². The number of hydrogen-bond acceptors (Lipinski definition) is 2. The van der Waals surface area contributed by atoms with Gasteiger partial charge in [0.05, 0.1) is 23.2 Å². The monoisotopic (exact) mass is 265 g/mol. The number of azide groups is 1. The van der Waals surface area contributed by atoms with Gasteiger partial charge in [0.1, 0.15) is 0 Å². The Bertz CT molecular complexity index is 457. The molecule has 0 amide bonds. The van der Waals surface area contributed by atoms with Gasteiger partial charge in [-0.1, -0.05) is 22.8 Å². The molecule has 1 atom stereocenters. The molecular weight excluding hydrogens is 259 g/mol. The molecule has 0 heterocycles. The molecule has 0 bridgehead atoms. The minimum Gasteiger partial charge on any atom is -0.396 e. The first kappa shape index (κ1) is 13.6. The molecule has 1 aromatic carbocycles. The van der Waals surface area contributed by atoms with E-state index in [1.807, 2.05) is 0 Å². The molecule has 0 aliphatic rings. The van der Waals surface area contributed by atoms with Crippen LogP contribution >= 0.6 is 11.6 Å². The van der Waals surface area contributed by atoms with Crippen LogP contribution in [0.15, 0.2) is 23.3 Å². The zero-order chi connectivity index (χ0) is 13.1. The Morgan fingerprint density at radius 1 is 1.47 bits per heavy atom. The van der Waals surface area contributed by atoms with Crippen LogP contribution in [-0.2, 0) is 6.18 Å². The molecule has 92 valence electrons. The van der Waals surface area contributed by atoms with Gasteiger partial charge in [0.25, 0.3) is 0 Å². The largest absolute Gasteiger partial charge is 0.417 e. The zero-order valence-electron chi connectivity index (χ0n) is 8.32. The maximum atomic E-state index is 12.5. The highest BCUT2D eigenvalue weighted by atomic mass is 35.5. The van der Waals surface area contributed by atoms with Crippen molar-refractivity contribution in [2.24, 2.45) is 5.11 Å². The van der Waals surface area contributed by atoms with E-state index in [4.69, 9.17) is 22.2 Å². The van der Waals surface area contributed by atoms with Crippen molar-refractivity contribution in [1.82, 2.24) is 0 Å². The van der Waals surface area contributed by atoms with Crippen LogP contribution in [0, 0.1) is 0 Å². The molecule has 1 rings (SSSR count). The predicted molar refractivity (Wildman–Crippen MR) is 55.4 cm³/mol. The van der Waals surface area contributed by atoms with Crippen LogP contribution in [0.4, 0.5) is 13.2 Å². The van der Waals surface area contributed by atoms with Crippen LogP contribution < -0.4 is 0 Å². The Kier molecular flexibility index (Phi) is 4.22. The molecule has 1 N–H and O–H groups in total. The highest BCUT2D eigenvalue weighted by Crippen LogP contribution is 2.36. The number of nitrogens with zero attached hydrogens (tertiary/aromatic N) is 3. The fraction of sp³-hybridized carbons (Fsp3) is 0.333. The molecule has 0 aliphatic heterocycles. The molecule has 0 spiro atoms. The van der Waals surface area contributed by atoms with Crippen LogP contribution in [0.25, 0.3) is 10.4 Å². The lowest BCUT2D eigenvalue weighted by atomic mass is 10.0. The van der Waals surface area contributed by atoms with Gasteiger partial charge in [-0.05, 0) is 23.2 Å². The summed E-state index contributed by atoms with van der Waals surface area (Å²) >= 11 is 5.42. The molecule has 1 unspecified atom stereocenters. The first-order valence-corrected chi connectivity index (χ1v) is 4.79. The Hall–Kier alpha value is -1.43. The van der Waals surface area contributed by atoms with E-state index in [1.165, 1.54) is 6.07 Å². The third-order valence-electron chi connectivity index (χ3n) is 2.04. The highest BCUT2D eigenvalue weighted by Gasteiger charge is 2.33. The zero-order valence-corrected chi connectivity index (χ0v) is 9.07. The summed E-state index contributed by atoms with van der Waals surface area (Å²) < 4.78 is 37.6. The lowest BCUT2D eigenvalue weighted by Gasteiger charge is -2.13. The second-order valence-corrected chi connectivity index (χ2v) is 3.55. The van der Waals surface area contributed by atoms with E-state index in [1.54, 1.807) is 0 Å². The Morgan fingerprint density at radius 3 is 2.59 bits per heavy atom. The second kappa shape index (κ2) is 5.27. The summed E-state index contributed by atoms with van der Waals surface area (Å²) in [6.07, 6.45) is -4.59. The van der Waals surface area contributed by atoms with Gasteiger partial charge in [-0.2, -0.15) is 13.2 Å². The summed E-state index contributed by atoms with van der Waals surface area (Å²) in [6, 6.07) is 2.03. The van der Waals surface area contributed by atoms with E-state index in [2.05, 4.69) is 10.0 Å². The molecular formula is C9H7ClF3N3O. The molecule has 0 saturated carbocycles. The van der Waals surface area contributed by atoms with Gasteiger partial charge in [0.15, 0.2) is 0 Å². The Labute approximate surface area is 99.3 Å². The first-order chi connectivity index (χ1) is 7.90. The number of benzene rings is 1. The van der Waals surface area contributed by atoms with E-state index in [0.29, 0.717) is 0 Å². The van der Waals surface area contributed by atoms with E-state index in [0.717, 1.165) is 12.1 Å². The smallest absolute Gasteiger partial charge is 0.396 e. The average Bonchev–Trinajstić information content (AvgIpc) is 2.25. The van der Waals surface area contributed by atoms with Crippen molar-refractivity contribution < 1.29 is 18.3 Å². The summed E-state index contributed by atoms with van der Waals surface area (Å²) in [5.74, 6) is 0. The van der Waals surface area contributed by atoms with Gasteiger partial charge in [0, 0.05) is 4.91 Å². The quantitative estimate of drug-likeness (QED) is 0.505. The number of halogens is 4. The fourth-order valence-corrected chi connectivity index (χ4v) is 1.46. The van der Waals surface area contributed by atoms with E-state index < -0.39 is 29.4 Å². The standard InChI is InChI=1S/C9H7ClF3N3O/c10-7-2-1-5(8(4-17)15-16-14)3-6(7)9(11,12)13/h1-3,8,17H,4H2. The van der Waals surface area contributed by atoms with Crippen molar-refractivity contribution >= 4 is 11.6 Å². The number of rotatable bonds is 3. The maximum absolute atomic E-state index is 12.5. The summed E-state index contributed by atoms with van der Waals surface area (Å²) in [5.41, 5.74) is 7.24. The SMILES string of the molecule is [N-]=[N+]=NC(CO)c1ccc(Cl)c(C(F)(F)F)c1. The van der Waals surface area contributed by atoms with Crippen molar-refractivity contribution in [3.05, 3.63) is 44.8 Å². The second-order valence-electron chi connectivity index (χ2n) is 3.14. The molecule has 0 radical (unpaired) electrons. The lowest BCUT2D eigenvalue weighted by Crippen LogP contribution is -2.08. The topological polar surface area (TPSA) is 69.0 Å². The Balaban J connectivity index is 3.25. The number of alkyl halides is 3. The first-order valence-electron chi connectivity index (χ1n) is 4.42. The number of aliphatic hydroxyl groups is 1. The third kappa shape index (κ3) is 3.26. The van der Waals surface area contributed by atoms with E-state index in [-0.39, 0.29) is 5.56 Å². The molecule has 17 heavy (non-hydrogen) atoms. The maximum Gasteiger partial charge on any atom is 0.417 e. The number of hydrogen-bond donors (Lipinski definition) is 1. The summed E-state index contributed by atoms with van der Waals surface area (Å²) in [4.78, 5) is 2.45. The molecule has 0 aromatic heterocycles. The van der Waals surface area contributed by atoms with Crippen LogP contribution in [0.3, 0.4) is 0 Å². The summed E-state index contributed by atoms with van der Waals surface area (Å²) in [5, 5.41) is 11.6. The molecule has 0 fully saturated rings. The van der Waals surface area contributed by atoms with Gasteiger partial charge >= 0.3 is 6.18 Å². The van der Waals surface area contributed by atoms with Gasteiger partial charge in [0.2, 0.25) is 0 Å². The lowest BCUT2D eigenvalue weighted by molar-refractivity contribution is -0.137. The van der Waals surface area contributed by atoms with Crippen molar-refractivity contribution in [3.63, 3.8) is 0 Å². The Morgan fingerprint density at radius 2 is 2.12 bits per heavy atom. The fourth-order valence-electron chi connectivity index (χ4n) is 1.24. The third-order valence-corrected chi connectivity index (χ3v) is 2.37. The van der Waals surface area contributed by atoms with Gasteiger partial charge < -0.3 is 5.11 Å². The van der Waals surface area contributed by atoms with Crippen molar-refractivity contribution in [2.45, 2.75) is 12.2 Å². The van der Waals surface area contributed by atoms with Gasteiger partial charge in [-0.25, -0.2) is 0 Å². The molecule has 1 aromatic rings. The van der Waals surface area contributed by atoms with Crippen LogP contribution in [0.1, 0.15) is 17.2 Å². The molecule has 8 heteroatoms. The van der Waals surface area contributed by atoms with E-state index >= 15 is 0 Å². The predicted octanol–water partition coefficient (Wildman–Crippen LogP) is 3.70. The van der Waals surface area contributed by atoms with Crippen molar-refractivity contribution in [2.75, 3.05) is 6.61 Å². The average molecular weight is 266 g/mol. The van der Waals surface area contributed by atoms with Crippen LogP contribution in [-0.4, -0.2) is 11.7 Å². The number of aliphatic hydroxyl groups excluding tert-OH is 1. The van der Waals surface area contributed by atoms with E-state index in [9.17, 15) is 13.2 Å². The molecule has 4 nitrogen and oxygen atoms in total. The summed E-state index contributed by atoms with van der Waals surface area (Å²) in [6.45, 7) is -0.580. The normalized spacial score (nSPS) is 13.0. The summed E-state index contributed by atoms with van der Waals surface area (Å²) in [7, 11) is 0. The minimum atomic E-state index is -4.59. The molecule has 0 aliphatic carbocycles. The van der Waals surface area contributed by atoms with Crippen LogP contribution in [0.5, 0.6) is 0 Å². The highest BCUT2D eigenvalue weighted by molar-refractivity contribution is 6.31.